The van der Waals surface area contributed by atoms with E-state index in [0.717, 1.165) is 25.7 Å². The highest BCUT2D eigenvalue weighted by Gasteiger charge is 2.20. The molecule has 0 heterocycles. The van der Waals surface area contributed by atoms with Gasteiger partial charge >= 0.3 is 0 Å². The number of aliphatic hydroxyl groups is 1. The van der Waals surface area contributed by atoms with Crippen molar-refractivity contribution in [3.8, 4) is 0 Å². The lowest BCUT2D eigenvalue weighted by Crippen LogP contribution is -2.34. The van der Waals surface area contributed by atoms with Crippen LogP contribution in [0.5, 0.6) is 0 Å². The van der Waals surface area contributed by atoms with Gasteiger partial charge in [0.25, 0.3) is 0 Å². The van der Waals surface area contributed by atoms with Gasteiger partial charge in [-0.15, -0.1) is 12.4 Å². The maximum atomic E-state index is 11.7. The fourth-order valence-corrected chi connectivity index (χ4v) is 2.45. The molecule has 0 aliphatic heterocycles. The van der Waals surface area contributed by atoms with E-state index in [1.807, 2.05) is 7.05 Å². The largest absolute Gasteiger partial charge is 0.396 e. The monoisotopic (exact) mass is 308 g/mol. The number of rotatable bonds is 8. The van der Waals surface area contributed by atoms with Crippen molar-refractivity contribution in [1.29, 1.82) is 0 Å². The molecule has 0 aromatic rings. The van der Waals surface area contributed by atoms with Gasteiger partial charge in [-0.25, -0.2) is 0 Å². The minimum atomic E-state index is 0. The Morgan fingerprint density at radius 3 is 2.55 bits per heavy atom. The van der Waals surface area contributed by atoms with Crippen molar-refractivity contribution < 1.29 is 14.6 Å². The van der Waals surface area contributed by atoms with E-state index in [2.05, 4.69) is 5.32 Å². The maximum absolute atomic E-state index is 11.7. The first kappa shape index (κ1) is 19.6. The van der Waals surface area contributed by atoms with Crippen molar-refractivity contribution >= 4 is 18.3 Å². The van der Waals surface area contributed by atoms with Crippen LogP contribution in [0.25, 0.3) is 0 Å². The normalized spacial score (nSPS) is 22.1. The average Bonchev–Trinajstić information content (AvgIpc) is 2.45. The molecule has 0 saturated heterocycles. The third-order valence-electron chi connectivity index (χ3n) is 3.83. The van der Waals surface area contributed by atoms with Gasteiger partial charge < -0.3 is 20.1 Å². The average molecular weight is 309 g/mol. The molecular formula is C14H29ClN2O3. The van der Waals surface area contributed by atoms with Crippen LogP contribution in [-0.4, -0.2) is 61.9 Å². The molecule has 1 saturated carbocycles. The van der Waals surface area contributed by atoms with E-state index in [-0.39, 0.29) is 24.9 Å². The molecule has 1 amide bonds. The first-order valence-corrected chi connectivity index (χ1v) is 7.31. The van der Waals surface area contributed by atoms with Crippen molar-refractivity contribution in [3.05, 3.63) is 0 Å². The molecule has 2 N–H and O–H groups in total. The van der Waals surface area contributed by atoms with E-state index in [0.29, 0.717) is 38.1 Å². The van der Waals surface area contributed by atoms with Crippen molar-refractivity contribution in [1.82, 2.24) is 10.2 Å². The Bertz CT molecular complexity index is 259. The van der Waals surface area contributed by atoms with Crippen molar-refractivity contribution in [2.75, 3.05) is 33.9 Å². The number of carbonyl (C=O) groups is 1. The first-order chi connectivity index (χ1) is 9.17. The number of hydrogen-bond acceptors (Lipinski definition) is 4. The summed E-state index contributed by atoms with van der Waals surface area (Å²) >= 11 is 0. The van der Waals surface area contributed by atoms with Crippen LogP contribution < -0.4 is 5.32 Å². The Morgan fingerprint density at radius 1 is 1.35 bits per heavy atom. The number of amides is 1. The standard InChI is InChI=1S/C14H28N2O3.ClH/c1-15-12-4-6-13(7-5-12)19-11-8-14(18)16(2)9-3-10-17;/h12-13,15,17H,3-11H2,1-2H3;1H/t12-,13-;. The number of aliphatic hydroxyl groups excluding tert-OH is 1. The lowest BCUT2D eigenvalue weighted by molar-refractivity contribution is -0.131. The third-order valence-corrected chi connectivity index (χ3v) is 3.83. The van der Waals surface area contributed by atoms with Gasteiger partial charge in [-0.05, 0) is 39.2 Å². The van der Waals surface area contributed by atoms with Crippen LogP contribution in [0.15, 0.2) is 0 Å². The molecule has 20 heavy (non-hydrogen) atoms. The summed E-state index contributed by atoms with van der Waals surface area (Å²) in [6.07, 6.45) is 5.88. The molecule has 1 aliphatic rings. The molecule has 1 aliphatic carbocycles. The second kappa shape index (κ2) is 11.3. The molecule has 1 fully saturated rings. The zero-order valence-electron chi connectivity index (χ0n) is 12.6. The minimum absolute atomic E-state index is 0. The van der Waals surface area contributed by atoms with E-state index < -0.39 is 0 Å². The first-order valence-electron chi connectivity index (χ1n) is 7.31. The highest BCUT2D eigenvalue weighted by atomic mass is 35.5. The smallest absolute Gasteiger partial charge is 0.224 e. The summed E-state index contributed by atoms with van der Waals surface area (Å²) in [5.41, 5.74) is 0. The van der Waals surface area contributed by atoms with Crippen molar-refractivity contribution in [2.45, 2.75) is 50.7 Å². The molecule has 0 unspecified atom stereocenters. The van der Waals surface area contributed by atoms with E-state index in [9.17, 15) is 4.79 Å². The van der Waals surface area contributed by atoms with Gasteiger partial charge in [0, 0.05) is 26.2 Å². The molecule has 6 heteroatoms. The van der Waals surface area contributed by atoms with E-state index in [1.54, 1.807) is 11.9 Å². The molecule has 0 radical (unpaired) electrons. The molecule has 0 bridgehead atoms. The molecule has 0 aromatic carbocycles. The number of nitrogens with zero attached hydrogens (tertiary/aromatic N) is 1. The van der Waals surface area contributed by atoms with Crippen LogP contribution in [0.1, 0.15) is 38.5 Å². The van der Waals surface area contributed by atoms with Crippen LogP contribution in [0, 0.1) is 0 Å². The van der Waals surface area contributed by atoms with Gasteiger partial charge in [0.2, 0.25) is 5.91 Å². The van der Waals surface area contributed by atoms with Gasteiger partial charge in [0.1, 0.15) is 0 Å². The Morgan fingerprint density at radius 2 is 2.00 bits per heavy atom. The highest BCUT2D eigenvalue weighted by Crippen LogP contribution is 2.21. The number of hydrogen-bond donors (Lipinski definition) is 2. The summed E-state index contributed by atoms with van der Waals surface area (Å²) in [6.45, 7) is 1.25. The van der Waals surface area contributed by atoms with Crippen molar-refractivity contribution in [3.63, 3.8) is 0 Å². The molecule has 0 atom stereocenters. The second-order valence-electron chi connectivity index (χ2n) is 5.28. The van der Waals surface area contributed by atoms with E-state index in [1.165, 1.54) is 0 Å². The topological polar surface area (TPSA) is 61.8 Å². The zero-order valence-corrected chi connectivity index (χ0v) is 13.5. The zero-order chi connectivity index (χ0) is 14.1. The van der Waals surface area contributed by atoms with Gasteiger partial charge in [0.15, 0.2) is 0 Å². The van der Waals surface area contributed by atoms with Gasteiger partial charge in [-0.1, -0.05) is 0 Å². The Kier molecular flexibility index (Phi) is 11.1. The molecule has 5 nitrogen and oxygen atoms in total. The minimum Gasteiger partial charge on any atom is -0.396 e. The van der Waals surface area contributed by atoms with Crippen LogP contribution in [0.3, 0.4) is 0 Å². The Balaban J connectivity index is 0.00000361. The Labute approximate surface area is 128 Å². The summed E-state index contributed by atoms with van der Waals surface area (Å²) in [4.78, 5) is 13.4. The molecule has 120 valence electrons. The molecule has 0 aromatic heterocycles. The summed E-state index contributed by atoms with van der Waals surface area (Å²) in [5.74, 6) is 0.0948. The van der Waals surface area contributed by atoms with Crippen LogP contribution in [0.4, 0.5) is 0 Å². The predicted octanol–water partition coefficient (Wildman–Crippen LogP) is 1.19. The fourth-order valence-electron chi connectivity index (χ4n) is 2.45. The van der Waals surface area contributed by atoms with Crippen LogP contribution >= 0.6 is 12.4 Å². The lowest BCUT2D eigenvalue weighted by Gasteiger charge is -2.28. The lowest BCUT2D eigenvalue weighted by atomic mass is 9.93. The summed E-state index contributed by atoms with van der Waals surface area (Å²) in [5, 5.41) is 12.0. The van der Waals surface area contributed by atoms with E-state index in [4.69, 9.17) is 9.84 Å². The highest BCUT2D eigenvalue weighted by molar-refractivity contribution is 5.85. The summed E-state index contributed by atoms with van der Waals surface area (Å²) in [6, 6.07) is 0.631. The number of ether oxygens (including phenoxy) is 1. The number of halogens is 1. The fraction of sp³-hybridized carbons (Fsp3) is 0.929. The molecular weight excluding hydrogens is 280 g/mol. The maximum Gasteiger partial charge on any atom is 0.224 e. The summed E-state index contributed by atoms with van der Waals surface area (Å²) < 4.78 is 5.78. The van der Waals surface area contributed by atoms with Crippen LogP contribution in [0.2, 0.25) is 0 Å². The molecule has 0 spiro atoms. The van der Waals surface area contributed by atoms with Gasteiger partial charge in [0.05, 0.1) is 19.1 Å². The van der Waals surface area contributed by atoms with Gasteiger partial charge in [-0.3, -0.25) is 4.79 Å². The quantitative estimate of drug-likeness (QED) is 0.707. The summed E-state index contributed by atoms with van der Waals surface area (Å²) in [7, 11) is 3.78. The van der Waals surface area contributed by atoms with E-state index >= 15 is 0 Å². The third kappa shape index (κ3) is 7.43. The predicted molar refractivity (Wildman–Crippen MR) is 82.3 cm³/mol. The molecule has 1 rings (SSSR count). The SMILES string of the molecule is CN[C@H]1CC[C@H](OCCC(=O)N(C)CCCO)CC1.Cl. The second-order valence-corrected chi connectivity index (χ2v) is 5.28. The van der Waals surface area contributed by atoms with Gasteiger partial charge in [-0.2, -0.15) is 0 Å². The number of carbonyl (C=O) groups excluding carboxylic acids is 1. The van der Waals surface area contributed by atoms with Crippen molar-refractivity contribution in [2.24, 2.45) is 0 Å². The van der Waals surface area contributed by atoms with Crippen LogP contribution in [-0.2, 0) is 9.53 Å². The Hall–Kier alpha value is -0.360. The number of nitrogens with one attached hydrogen (secondary N) is 1.